The van der Waals surface area contributed by atoms with Crippen LogP contribution in [0.3, 0.4) is 0 Å². The standard InChI is InChI=1S/C18H24N2O2/c1-13(2)16-5-4-12-20(16)17(21)11-8-14-6-9-15(10-7-14)18(22)19-3/h6-11,13,16H,4-5,12H2,1-3H3,(H,19,22)/b11-8-/t16-/m0/s1. The van der Waals surface area contributed by atoms with Crippen LogP contribution in [0.5, 0.6) is 0 Å². The zero-order valence-corrected chi connectivity index (χ0v) is 13.5. The van der Waals surface area contributed by atoms with Gasteiger partial charge in [0.2, 0.25) is 5.91 Å². The van der Waals surface area contributed by atoms with E-state index < -0.39 is 0 Å². The van der Waals surface area contributed by atoms with Crippen molar-refractivity contribution in [1.82, 2.24) is 10.2 Å². The van der Waals surface area contributed by atoms with Gasteiger partial charge < -0.3 is 10.2 Å². The molecule has 1 aromatic rings. The number of hydrogen-bond donors (Lipinski definition) is 1. The average Bonchev–Trinajstić information content (AvgIpc) is 3.02. The van der Waals surface area contributed by atoms with Gasteiger partial charge in [0.05, 0.1) is 0 Å². The Morgan fingerprint density at radius 1 is 1.27 bits per heavy atom. The van der Waals surface area contributed by atoms with Crippen LogP contribution in [0.2, 0.25) is 0 Å². The summed E-state index contributed by atoms with van der Waals surface area (Å²) in [7, 11) is 1.61. The van der Waals surface area contributed by atoms with Gasteiger partial charge in [-0.3, -0.25) is 9.59 Å². The predicted molar refractivity (Wildman–Crippen MR) is 88.4 cm³/mol. The second kappa shape index (κ2) is 7.25. The number of benzene rings is 1. The summed E-state index contributed by atoms with van der Waals surface area (Å²) in [5, 5.41) is 2.59. The second-order valence-electron chi connectivity index (χ2n) is 6.02. The van der Waals surface area contributed by atoms with E-state index in [1.165, 1.54) is 0 Å². The maximum Gasteiger partial charge on any atom is 0.251 e. The number of carbonyl (C=O) groups excluding carboxylic acids is 2. The normalized spacial score (nSPS) is 18.2. The summed E-state index contributed by atoms with van der Waals surface area (Å²) in [6.07, 6.45) is 5.63. The van der Waals surface area contributed by atoms with E-state index in [2.05, 4.69) is 19.2 Å². The summed E-state index contributed by atoms with van der Waals surface area (Å²) in [5.41, 5.74) is 1.53. The molecule has 1 atom stereocenters. The van der Waals surface area contributed by atoms with E-state index in [4.69, 9.17) is 0 Å². The molecular formula is C18H24N2O2. The summed E-state index contributed by atoms with van der Waals surface area (Å²) >= 11 is 0. The van der Waals surface area contributed by atoms with Crippen LogP contribution in [0.25, 0.3) is 6.08 Å². The Morgan fingerprint density at radius 2 is 1.95 bits per heavy atom. The molecule has 1 N–H and O–H groups in total. The number of hydrogen-bond acceptors (Lipinski definition) is 2. The van der Waals surface area contributed by atoms with E-state index in [9.17, 15) is 9.59 Å². The van der Waals surface area contributed by atoms with E-state index in [1.807, 2.05) is 23.1 Å². The first kappa shape index (κ1) is 16.3. The van der Waals surface area contributed by atoms with Crippen LogP contribution in [-0.4, -0.2) is 36.3 Å². The van der Waals surface area contributed by atoms with Crippen molar-refractivity contribution >= 4 is 17.9 Å². The fourth-order valence-corrected chi connectivity index (χ4v) is 2.91. The summed E-state index contributed by atoms with van der Waals surface area (Å²) in [6, 6.07) is 7.56. The van der Waals surface area contributed by atoms with Crippen molar-refractivity contribution in [2.75, 3.05) is 13.6 Å². The number of amides is 2. The first-order chi connectivity index (χ1) is 10.5. The van der Waals surface area contributed by atoms with Crippen LogP contribution < -0.4 is 5.32 Å². The molecule has 1 aliphatic rings. The molecule has 1 heterocycles. The average molecular weight is 300 g/mol. The highest BCUT2D eigenvalue weighted by atomic mass is 16.2. The number of nitrogens with zero attached hydrogens (tertiary/aromatic N) is 1. The molecule has 1 aromatic carbocycles. The quantitative estimate of drug-likeness (QED) is 0.869. The Hall–Kier alpha value is -2.10. The predicted octanol–water partition coefficient (Wildman–Crippen LogP) is 2.71. The molecule has 0 saturated carbocycles. The lowest BCUT2D eigenvalue weighted by atomic mass is 10.0. The van der Waals surface area contributed by atoms with Gasteiger partial charge in [0, 0.05) is 31.3 Å². The van der Waals surface area contributed by atoms with Crippen molar-refractivity contribution in [1.29, 1.82) is 0 Å². The van der Waals surface area contributed by atoms with Gasteiger partial charge in [-0.25, -0.2) is 0 Å². The molecule has 4 nitrogen and oxygen atoms in total. The van der Waals surface area contributed by atoms with E-state index in [-0.39, 0.29) is 11.8 Å². The third-order valence-corrected chi connectivity index (χ3v) is 4.17. The highest BCUT2D eigenvalue weighted by molar-refractivity contribution is 5.95. The molecule has 4 heteroatoms. The number of carbonyl (C=O) groups is 2. The molecule has 1 aliphatic heterocycles. The van der Waals surface area contributed by atoms with Gasteiger partial charge in [0.1, 0.15) is 0 Å². The summed E-state index contributed by atoms with van der Waals surface area (Å²) < 4.78 is 0. The Morgan fingerprint density at radius 3 is 2.55 bits per heavy atom. The molecule has 22 heavy (non-hydrogen) atoms. The molecule has 0 aromatic heterocycles. The van der Waals surface area contributed by atoms with Gasteiger partial charge in [-0.1, -0.05) is 26.0 Å². The highest BCUT2D eigenvalue weighted by Gasteiger charge is 2.29. The Balaban J connectivity index is 2.02. The van der Waals surface area contributed by atoms with Gasteiger partial charge in [-0.15, -0.1) is 0 Å². The molecule has 118 valence electrons. The maximum atomic E-state index is 12.3. The number of nitrogens with one attached hydrogen (secondary N) is 1. The largest absolute Gasteiger partial charge is 0.355 e. The Labute approximate surface area is 132 Å². The van der Waals surface area contributed by atoms with Crippen LogP contribution >= 0.6 is 0 Å². The Kier molecular flexibility index (Phi) is 5.36. The molecule has 1 fully saturated rings. The molecular weight excluding hydrogens is 276 g/mol. The zero-order chi connectivity index (χ0) is 16.1. The lowest BCUT2D eigenvalue weighted by Crippen LogP contribution is -2.37. The van der Waals surface area contributed by atoms with Crippen molar-refractivity contribution in [3.05, 3.63) is 41.5 Å². The molecule has 1 saturated heterocycles. The van der Waals surface area contributed by atoms with Gasteiger partial charge in [0.25, 0.3) is 5.91 Å². The van der Waals surface area contributed by atoms with Gasteiger partial charge in [0.15, 0.2) is 0 Å². The number of rotatable bonds is 4. The van der Waals surface area contributed by atoms with Crippen molar-refractivity contribution in [3.8, 4) is 0 Å². The fourth-order valence-electron chi connectivity index (χ4n) is 2.91. The molecule has 0 spiro atoms. The molecule has 2 amide bonds. The topological polar surface area (TPSA) is 49.4 Å². The first-order valence-electron chi connectivity index (χ1n) is 7.83. The van der Waals surface area contributed by atoms with Crippen LogP contribution in [0.4, 0.5) is 0 Å². The summed E-state index contributed by atoms with van der Waals surface area (Å²) in [4.78, 5) is 25.8. The third-order valence-electron chi connectivity index (χ3n) is 4.17. The van der Waals surface area contributed by atoms with Crippen molar-refractivity contribution in [3.63, 3.8) is 0 Å². The molecule has 0 aliphatic carbocycles. The third kappa shape index (κ3) is 3.75. The lowest BCUT2D eigenvalue weighted by molar-refractivity contribution is -0.127. The van der Waals surface area contributed by atoms with Gasteiger partial charge in [-0.05, 0) is 42.5 Å². The fraction of sp³-hybridized carbons (Fsp3) is 0.444. The minimum Gasteiger partial charge on any atom is -0.355 e. The molecule has 0 radical (unpaired) electrons. The van der Waals surface area contributed by atoms with E-state index >= 15 is 0 Å². The van der Waals surface area contributed by atoms with Crippen molar-refractivity contribution in [2.24, 2.45) is 5.92 Å². The maximum absolute atomic E-state index is 12.3. The van der Waals surface area contributed by atoms with Crippen LogP contribution in [0, 0.1) is 5.92 Å². The second-order valence-corrected chi connectivity index (χ2v) is 6.02. The SMILES string of the molecule is CNC(=O)c1ccc(/C=C\C(=O)N2CCC[C@H]2C(C)C)cc1. The molecule has 2 rings (SSSR count). The van der Waals surface area contributed by atoms with Gasteiger partial charge in [-0.2, -0.15) is 0 Å². The van der Waals surface area contributed by atoms with Crippen LogP contribution in [-0.2, 0) is 4.79 Å². The van der Waals surface area contributed by atoms with Crippen molar-refractivity contribution < 1.29 is 9.59 Å². The Bertz CT molecular complexity index is 561. The van der Waals surface area contributed by atoms with Crippen LogP contribution in [0.15, 0.2) is 30.3 Å². The minimum atomic E-state index is -0.108. The summed E-state index contributed by atoms with van der Waals surface area (Å²) in [6.45, 7) is 5.18. The van der Waals surface area contributed by atoms with E-state index in [0.717, 1.165) is 24.9 Å². The zero-order valence-electron chi connectivity index (χ0n) is 13.5. The lowest BCUT2D eigenvalue weighted by Gasteiger charge is -2.26. The van der Waals surface area contributed by atoms with E-state index in [1.54, 1.807) is 25.3 Å². The van der Waals surface area contributed by atoms with E-state index in [0.29, 0.717) is 17.5 Å². The van der Waals surface area contributed by atoms with Crippen LogP contribution in [0.1, 0.15) is 42.6 Å². The minimum absolute atomic E-state index is 0.0755. The monoisotopic (exact) mass is 300 g/mol. The molecule has 0 bridgehead atoms. The van der Waals surface area contributed by atoms with Gasteiger partial charge >= 0.3 is 0 Å². The highest BCUT2D eigenvalue weighted by Crippen LogP contribution is 2.24. The first-order valence-corrected chi connectivity index (χ1v) is 7.83. The summed E-state index contributed by atoms with van der Waals surface area (Å²) in [5.74, 6) is 0.460. The van der Waals surface area contributed by atoms with Crippen molar-refractivity contribution in [2.45, 2.75) is 32.7 Å². The molecule has 0 unspecified atom stereocenters. The number of likely N-dealkylation sites (tertiary alicyclic amines) is 1. The smallest absolute Gasteiger partial charge is 0.251 e.